The van der Waals surface area contributed by atoms with Gasteiger partial charge in [-0.1, -0.05) is 25.4 Å². The van der Waals surface area contributed by atoms with Crippen molar-refractivity contribution in [2.24, 2.45) is 11.3 Å². The Labute approximate surface area is 135 Å². The Hall–Kier alpha value is -1.59. The van der Waals surface area contributed by atoms with Crippen LogP contribution in [0, 0.1) is 11.3 Å². The summed E-state index contributed by atoms with van der Waals surface area (Å²) in [6, 6.07) is 4.82. The van der Waals surface area contributed by atoms with Crippen LogP contribution >= 0.6 is 11.6 Å². The van der Waals surface area contributed by atoms with Gasteiger partial charge in [0.25, 0.3) is 5.91 Å². The van der Waals surface area contributed by atoms with Crippen LogP contribution in [0.3, 0.4) is 0 Å². The first-order chi connectivity index (χ1) is 10.4. The summed E-state index contributed by atoms with van der Waals surface area (Å²) in [5.74, 6) is -0.566. The molecular formula is C16H21ClN2O3. The maximum atomic E-state index is 12.2. The zero-order chi connectivity index (χ0) is 16.3. The number of anilines is 1. The van der Waals surface area contributed by atoms with E-state index in [0.717, 1.165) is 12.8 Å². The number of hydrogen-bond acceptors (Lipinski definition) is 3. The van der Waals surface area contributed by atoms with Crippen molar-refractivity contribution >= 4 is 29.1 Å². The molecule has 1 aliphatic carbocycles. The molecule has 1 aliphatic rings. The highest BCUT2D eigenvalue weighted by molar-refractivity contribution is 6.34. The molecule has 0 atom stereocenters. The second-order valence-corrected chi connectivity index (χ2v) is 6.59. The third-order valence-corrected chi connectivity index (χ3v) is 4.25. The van der Waals surface area contributed by atoms with Gasteiger partial charge in [-0.05, 0) is 31.0 Å². The van der Waals surface area contributed by atoms with Crippen LogP contribution in [-0.4, -0.2) is 30.1 Å². The molecule has 22 heavy (non-hydrogen) atoms. The lowest BCUT2D eigenvalue weighted by Crippen LogP contribution is -2.32. The Morgan fingerprint density at radius 1 is 1.36 bits per heavy atom. The lowest BCUT2D eigenvalue weighted by atomic mass is 10.1. The standard InChI is InChI=1S/C16H21ClN2O3/c1-10(2)14(21)19-11-3-4-13(17)12(7-11)15(22)18-8-16(9-20)5-6-16/h3-4,7,10,20H,5-6,8-9H2,1-2H3,(H,18,22)(H,19,21). The Bertz CT molecular complexity index is 583. The van der Waals surface area contributed by atoms with Gasteiger partial charge in [-0.25, -0.2) is 0 Å². The van der Waals surface area contributed by atoms with E-state index < -0.39 is 0 Å². The van der Waals surface area contributed by atoms with Crippen molar-refractivity contribution < 1.29 is 14.7 Å². The first-order valence-corrected chi connectivity index (χ1v) is 7.74. The molecule has 2 rings (SSSR count). The zero-order valence-corrected chi connectivity index (χ0v) is 13.5. The van der Waals surface area contributed by atoms with Crippen molar-refractivity contribution in [1.82, 2.24) is 5.32 Å². The maximum absolute atomic E-state index is 12.2. The summed E-state index contributed by atoms with van der Waals surface area (Å²) in [6.07, 6.45) is 1.84. The molecule has 0 radical (unpaired) electrons. The molecule has 0 spiro atoms. The molecule has 0 unspecified atom stereocenters. The fraction of sp³-hybridized carbons (Fsp3) is 0.500. The van der Waals surface area contributed by atoms with Crippen LogP contribution in [0.15, 0.2) is 18.2 Å². The molecular weight excluding hydrogens is 304 g/mol. The van der Waals surface area contributed by atoms with E-state index in [1.807, 2.05) is 0 Å². The molecule has 1 fully saturated rings. The Morgan fingerprint density at radius 2 is 2.05 bits per heavy atom. The number of rotatable bonds is 6. The molecule has 6 heteroatoms. The topological polar surface area (TPSA) is 78.4 Å². The van der Waals surface area contributed by atoms with Crippen molar-refractivity contribution in [3.8, 4) is 0 Å². The van der Waals surface area contributed by atoms with Gasteiger partial charge in [0.1, 0.15) is 0 Å². The van der Waals surface area contributed by atoms with Gasteiger partial charge in [-0.3, -0.25) is 9.59 Å². The van der Waals surface area contributed by atoms with Crippen LogP contribution in [0.1, 0.15) is 37.0 Å². The van der Waals surface area contributed by atoms with Crippen LogP contribution in [0.5, 0.6) is 0 Å². The number of carbonyl (C=O) groups excluding carboxylic acids is 2. The molecule has 120 valence electrons. The highest BCUT2D eigenvalue weighted by atomic mass is 35.5. The minimum atomic E-state index is -0.301. The van der Waals surface area contributed by atoms with Crippen molar-refractivity contribution in [2.75, 3.05) is 18.5 Å². The molecule has 0 aromatic heterocycles. The van der Waals surface area contributed by atoms with Gasteiger partial charge in [0.15, 0.2) is 0 Å². The molecule has 0 heterocycles. The monoisotopic (exact) mass is 324 g/mol. The summed E-state index contributed by atoms with van der Waals surface area (Å²) in [4.78, 5) is 23.9. The van der Waals surface area contributed by atoms with Crippen LogP contribution in [0.25, 0.3) is 0 Å². The van der Waals surface area contributed by atoms with Crippen LogP contribution < -0.4 is 10.6 Å². The minimum absolute atomic E-state index is 0.0749. The van der Waals surface area contributed by atoms with Crippen molar-refractivity contribution in [2.45, 2.75) is 26.7 Å². The van der Waals surface area contributed by atoms with Gasteiger partial charge in [0.05, 0.1) is 17.2 Å². The van der Waals surface area contributed by atoms with Crippen LogP contribution in [-0.2, 0) is 4.79 Å². The summed E-state index contributed by atoms with van der Waals surface area (Å²) < 4.78 is 0. The Morgan fingerprint density at radius 3 is 2.59 bits per heavy atom. The first kappa shape index (κ1) is 16.8. The molecule has 0 bridgehead atoms. The lowest BCUT2D eigenvalue weighted by molar-refractivity contribution is -0.118. The summed E-state index contributed by atoms with van der Waals surface area (Å²) in [7, 11) is 0. The van der Waals surface area contributed by atoms with Gasteiger partial charge in [-0.2, -0.15) is 0 Å². The predicted octanol–water partition coefficient (Wildman–Crippen LogP) is 2.44. The second-order valence-electron chi connectivity index (χ2n) is 6.18. The van der Waals surface area contributed by atoms with E-state index in [-0.39, 0.29) is 29.8 Å². The summed E-state index contributed by atoms with van der Waals surface area (Å²) in [6.45, 7) is 4.10. The number of aliphatic hydroxyl groups excluding tert-OH is 1. The predicted molar refractivity (Wildman–Crippen MR) is 86.0 cm³/mol. The molecule has 1 saturated carbocycles. The van der Waals surface area contributed by atoms with E-state index in [1.54, 1.807) is 32.0 Å². The van der Waals surface area contributed by atoms with Crippen molar-refractivity contribution in [3.05, 3.63) is 28.8 Å². The lowest BCUT2D eigenvalue weighted by Gasteiger charge is -2.14. The SMILES string of the molecule is CC(C)C(=O)Nc1ccc(Cl)c(C(=O)NCC2(CO)CC2)c1. The summed E-state index contributed by atoms with van der Waals surface area (Å²) in [5, 5.41) is 15.1. The maximum Gasteiger partial charge on any atom is 0.252 e. The average molecular weight is 325 g/mol. The van der Waals surface area contributed by atoms with E-state index in [9.17, 15) is 14.7 Å². The number of aliphatic hydroxyl groups is 1. The normalized spacial score (nSPS) is 15.5. The number of benzene rings is 1. The fourth-order valence-electron chi connectivity index (χ4n) is 1.99. The van der Waals surface area contributed by atoms with Gasteiger partial charge in [0, 0.05) is 23.6 Å². The molecule has 3 N–H and O–H groups in total. The van der Waals surface area contributed by atoms with E-state index in [2.05, 4.69) is 10.6 Å². The number of halogens is 1. The average Bonchev–Trinajstić information content (AvgIpc) is 3.27. The van der Waals surface area contributed by atoms with Gasteiger partial charge < -0.3 is 15.7 Å². The highest BCUT2D eigenvalue weighted by Gasteiger charge is 2.42. The summed E-state index contributed by atoms with van der Waals surface area (Å²) in [5.41, 5.74) is 0.694. The molecule has 1 aromatic carbocycles. The Kier molecular flexibility index (Phi) is 5.08. The third-order valence-electron chi connectivity index (χ3n) is 3.92. The highest BCUT2D eigenvalue weighted by Crippen LogP contribution is 2.44. The largest absolute Gasteiger partial charge is 0.396 e. The number of amides is 2. The van der Waals surface area contributed by atoms with E-state index in [4.69, 9.17) is 11.6 Å². The summed E-state index contributed by atoms with van der Waals surface area (Å²) >= 11 is 6.07. The zero-order valence-electron chi connectivity index (χ0n) is 12.8. The Balaban J connectivity index is 2.05. The van der Waals surface area contributed by atoms with E-state index >= 15 is 0 Å². The van der Waals surface area contributed by atoms with E-state index in [1.165, 1.54) is 0 Å². The molecule has 0 saturated heterocycles. The first-order valence-electron chi connectivity index (χ1n) is 7.36. The van der Waals surface area contributed by atoms with Gasteiger partial charge >= 0.3 is 0 Å². The van der Waals surface area contributed by atoms with Crippen molar-refractivity contribution in [3.63, 3.8) is 0 Å². The smallest absolute Gasteiger partial charge is 0.252 e. The second kappa shape index (κ2) is 6.67. The molecule has 1 aromatic rings. The van der Waals surface area contributed by atoms with Gasteiger partial charge in [0.2, 0.25) is 5.91 Å². The number of nitrogens with one attached hydrogen (secondary N) is 2. The van der Waals surface area contributed by atoms with Crippen LogP contribution in [0.4, 0.5) is 5.69 Å². The molecule has 2 amide bonds. The van der Waals surface area contributed by atoms with Gasteiger partial charge in [-0.15, -0.1) is 0 Å². The number of hydrogen-bond donors (Lipinski definition) is 3. The van der Waals surface area contributed by atoms with Crippen molar-refractivity contribution in [1.29, 1.82) is 0 Å². The minimum Gasteiger partial charge on any atom is -0.396 e. The van der Waals surface area contributed by atoms with E-state index in [0.29, 0.717) is 22.8 Å². The molecule has 0 aliphatic heterocycles. The molecule has 5 nitrogen and oxygen atoms in total. The van der Waals surface area contributed by atoms with Crippen LogP contribution in [0.2, 0.25) is 5.02 Å². The fourth-order valence-corrected chi connectivity index (χ4v) is 2.20. The third kappa shape index (κ3) is 3.99. The number of carbonyl (C=O) groups is 2. The quantitative estimate of drug-likeness (QED) is 0.752.